The van der Waals surface area contributed by atoms with Crippen molar-refractivity contribution in [3.8, 4) is 0 Å². The zero-order valence-electron chi connectivity index (χ0n) is 12.5. The van der Waals surface area contributed by atoms with E-state index in [0.29, 0.717) is 19.6 Å². The maximum atomic E-state index is 12.3. The van der Waals surface area contributed by atoms with Crippen LogP contribution in [0.25, 0.3) is 0 Å². The average Bonchev–Trinajstić information content (AvgIpc) is 2.96. The van der Waals surface area contributed by atoms with Crippen molar-refractivity contribution in [1.82, 2.24) is 4.90 Å². The summed E-state index contributed by atoms with van der Waals surface area (Å²) in [5.41, 5.74) is 8.40. The second-order valence-electron chi connectivity index (χ2n) is 5.70. The van der Waals surface area contributed by atoms with Gasteiger partial charge in [0, 0.05) is 30.7 Å². The first kappa shape index (κ1) is 14.6. The number of nitrogens with zero attached hydrogens (tertiary/aromatic N) is 1. The third kappa shape index (κ3) is 3.28. The molecule has 2 aromatic rings. The van der Waals surface area contributed by atoms with E-state index in [-0.39, 0.29) is 17.9 Å². The Labute approximate surface area is 130 Å². The van der Waals surface area contributed by atoms with E-state index in [0.717, 1.165) is 5.69 Å². The summed E-state index contributed by atoms with van der Waals surface area (Å²) in [6, 6.07) is 20.0. The molecule has 0 aromatic heterocycles. The number of benzene rings is 2. The molecule has 0 unspecified atom stereocenters. The fourth-order valence-electron chi connectivity index (χ4n) is 2.93. The van der Waals surface area contributed by atoms with Crippen LogP contribution in [0.1, 0.15) is 11.5 Å². The van der Waals surface area contributed by atoms with E-state index < -0.39 is 0 Å². The van der Waals surface area contributed by atoms with Crippen molar-refractivity contribution in [2.75, 3.05) is 25.0 Å². The summed E-state index contributed by atoms with van der Waals surface area (Å²) >= 11 is 0. The first-order valence-electron chi connectivity index (χ1n) is 7.61. The second kappa shape index (κ2) is 6.62. The molecule has 4 nitrogen and oxygen atoms in total. The van der Waals surface area contributed by atoms with Gasteiger partial charge in [-0.1, -0.05) is 48.5 Å². The molecule has 0 saturated carbocycles. The summed E-state index contributed by atoms with van der Waals surface area (Å²) in [5.74, 6) is 0.319. The second-order valence-corrected chi connectivity index (χ2v) is 5.70. The van der Waals surface area contributed by atoms with Crippen molar-refractivity contribution in [1.29, 1.82) is 0 Å². The average molecular weight is 295 g/mol. The number of anilines is 1. The Balaban J connectivity index is 1.58. The number of nitrogens with one attached hydrogen (secondary N) is 1. The molecule has 3 N–H and O–H groups in total. The van der Waals surface area contributed by atoms with Crippen LogP contribution in [0.5, 0.6) is 0 Å². The molecule has 1 saturated heterocycles. The monoisotopic (exact) mass is 295 g/mol. The maximum Gasteiger partial charge on any atom is 0.241 e. The largest absolute Gasteiger partial charge is 0.376 e. The van der Waals surface area contributed by atoms with Crippen molar-refractivity contribution in [2.24, 2.45) is 5.73 Å². The van der Waals surface area contributed by atoms with Gasteiger partial charge in [-0.3, -0.25) is 4.79 Å². The summed E-state index contributed by atoms with van der Waals surface area (Å²) in [7, 11) is 0. The first-order chi connectivity index (χ1) is 10.7. The molecule has 2 aromatic carbocycles. The van der Waals surface area contributed by atoms with Crippen LogP contribution in [-0.2, 0) is 4.79 Å². The van der Waals surface area contributed by atoms with E-state index in [1.54, 1.807) is 0 Å². The van der Waals surface area contributed by atoms with Crippen molar-refractivity contribution < 1.29 is 4.79 Å². The van der Waals surface area contributed by atoms with Crippen LogP contribution in [0.2, 0.25) is 0 Å². The molecule has 0 aliphatic carbocycles. The molecule has 0 bridgehead atoms. The van der Waals surface area contributed by atoms with Gasteiger partial charge in [-0.15, -0.1) is 0 Å². The Morgan fingerprint density at radius 1 is 1.05 bits per heavy atom. The lowest BCUT2D eigenvalue weighted by molar-refractivity contribution is -0.128. The Morgan fingerprint density at radius 3 is 2.36 bits per heavy atom. The topological polar surface area (TPSA) is 58.4 Å². The normalized spacial score (nSPS) is 20.9. The minimum atomic E-state index is 0.00285. The van der Waals surface area contributed by atoms with E-state index in [1.165, 1.54) is 5.56 Å². The van der Waals surface area contributed by atoms with Crippen LogP contribution >= 0.6 is 0 Å². The molecule has 114 valence electrons. The Kier molecular flexibility index (Phi) is 4.39. The molecule has 1 amide bonds. The number of rotatable bonds is 4. The standard InChI is InChI=1S/C18H21N3O/c19-17-13-21(12-16(17)14-7-3-1-4-8-14)18(22)11-20-15-9-5-2-6-10-15/h1-10,16-17,20H,11-13,19H2/t16-,17+/m0/s1. The van der Waals surface area contributed by atoms with E-state index in [2.05, 4.69) is 17.4 Å². The van der Waals surface area contributed by atoms with Gasteiger partial charge in [-0.25, -0.2) is 0 Å². The van der Waals surface area contributed by atoms with Crippen LogP contribution in [0, 0.1) is 0 Å². The molecular weight excluding hydrogens is 274 g/mol. The Morgan fingerprint density at radius 2 is 1.68 bits per heavy atom. The highest BCUT2D eigenvalue weighted by Gasteiger charge is 2.33. The van der Waals surface area contributed by atoms with Crippen molar-refractivity contribution in [2.45, 2.75) is 12.0 Å². The molecule has 1 aliphatic rings. The third-order valence-electron chi connectivity index (χ3n) is 4.16. The fourth-order valence-corrected chi connectivity index (χ4v) is 2.93. The van der Waals surface area contributed by atoms with Crippen molar-refractivity contribution in [3.05, 3.63) is 66.2 Å². The maximum absolute atomic E-state index is 12.3. The molecule has 22 heavy (non-hydrogen) atoms. The third-order valence-corrected chi connectivity index (χ3v) is 4.16. The van der Waals surface area contributed by atoms with Gasteiger partial charge in [-0.05, 0) is 17.7 Å². The van der Waals surface area contributed by atoms with E-state index in [4.69, 9.17) is 5.73 Å². The predicted molar refractivity (Wildman–Crippen MR) is 88.7 cm³/mol. The van der Waals surface area contributed by atoms with Gasteiger partial charge < -0.3 is 16.0 Å². The first-order valence-corrected chi connectivity index (χ1v) is 7.61. The summed E-state index contributed by atoms with van der Waals surface area (Å²) in [5, 5.41) is 3.16. The SMILES string of the molecule is N[C@@H]1CN(C(=O)CNc2ccccc2)C[C@H]1c1ccccc1. The lowest BCUT2D eigenvalue weighted by Gasteiger charge is -2.17. The van der Waals surface area contributed by atoms with Gasteiger partial charge in [0.25, 0.3) is 0 Å². The van der Waals surface area contributed by atoms with E-state index in [1.807, 2.05) is 53.4 Å². The van der Waals surface area contributed by atoms with Crippen LogP contribution in [0.4, 0.5) is 5.69 Å². The highest BCUT2D eigenvalue weighted by Crippen LogP contribution is 2.26. The highest BCUT2D eigenvalue weighted by atomic mass is 16.2. The Bertz CT molecular complexity index is 615. The lowest BCUT2D eigenvalue weighted by Crippen LogP contribution is -2.35. The van der Waals surface area contributed by atoms with Crippen LogP contribution in [-0.4, -0.2) is 36.5 Å². The van der Waals surface area contributed by atoms with Crippen LogP contribution in [0.3, 0.4) is 0 Å². The predicted octanol–water partition coefficient (Wildman–Crippen LogP) is 2.05. The number of hydrogen-bond donors (Lipinski definition) is 2. The minimum Gasteiger partial charge on any atom is -0.376 e. The molecule has 3 rings (SSSR count). The summed E-state index contributed by atoms with van der Waals surface area (Å²) in [6.45, 7) is 1.62. The molecule has 0 radical (unpaired) electrons. The van der Waals surface area contributed by atoms with Gasteiger partial charge in [0.2, 0.25) is 5.91 Å². The number of hydrogen-bond acceptors (Lipinski definition) is 3. The lowest BCUT2D eigenvalue weighted by atomic mass is 9.95. The smallest absolute Gasteiger partial charge is 0.241 e. The van der Waals surface area contributed by atoms with Crippen LogP contribution < -0.4 is 11.1 Å². The van der Waals surface area contributed by atoms with Crippen molar-refractivity contribution in [3.63, 3.8) is 0 Å². The Hall–Kier alpha value is -2.33. The summed E-state index contributed by atoms with van der Waals surface area (Å²) in [4.78, 5) is 14.2. The number of nitrogens with two attached hydrogens (primary N) is 1. The van der Waals surface area contributed by atoms with Gasteiger partial charge >= 0.3 is 0 Å². The van der Waals surface area contributed by atoms with Gasteiger partial charge in [0.1, 0.15) is 0 Å². The summed E-state index contributed by atoms with van der Waals surface area (Å²) < 4.78 is 0. The van der Waals surface area contributed by atoms with Crippen LogP contribution in [0.15, 0.2) is 60.7 Å². The molecule has 4 heteroatoms. The number of amides is 1. The van der Waals surface area contributed by atoms with E-state index >= 15 is 0 Å². The van der Waals surface area contributed by atoms with Crippen molar-refractivity contribution >= 4 is 11.6 Å². The number of carbonyl (C=O) groups is 1. The van der Waals surface area contributed by atoms with Gasteiger partial charge in [0.15, 0.2) is 0 Å². The molecular formula is C18H21N3O. The number of para-hydroxylation sites is 1. The fraction of sp³-hybridized carbons (Fsp3) is 0.278. The van der Waals surface area contributed by atoms with Gasteiger partial charge in [0.05, 0.1) is 6.54 Å². The van der Waals surface area contributed by atoms with E-state index in [9.17, 15) is 4.79 Å². The molecule has 1 heterocycles. The van der Waals surface area contributed by atoms with Gasteiger partial charge in [-0.2, -0.15) is 0 Å². The highest BCUT2D eigenvalue weighted by molar-refractivity contribution is 5.81. The molecule has 1 aliphatic heterocycles. The zero-order chi connectivity index (χ0) is 15.4. The summed E-state index contributed by atoms with van der Waals surface area (Å²) in [6.07, 6.45) is 0. The molecule has 0 spiro atoms. The zero-order valence-corrected chi connectivity index (χ0v) is 12.5. The quantitative estimate of drug-likeness (QED) is 0.907. The number of likely N-dealkylation sites (tertiary alicyclic amines) is 1. The molecule has 1 fully saturated rings. The molecule has 2 atom stereocenters. The minimum absolute atomic E-state index is 0.00285. The number of carbonyl (C=O) groups excluding carboxylic acids is 1.